The third-order valence-electron chi connectivity index (χ3n) is 3.54. The van der Waals surface area contributed by atoms with Crippen LogP contribution in [0.25, 0.3) is 11.1 Å². The Morgan fingerprint density at radius 3 is 2.94 bits per heavy atom. The summed E-state index contributed by atoms with van der Waals surface area (Å²) >= 11 is 5.93. The standard InChI is InChI=1S/C14H17ClN2O/c15-10-6-7-13-12(8-10)17-14(18-13)9-16-11-4-2-1-3-5-11/h6-8,11,16H,1-5,9H2. The van der Waals surface area contributed by atoms with E-state index in [0.717, 1.165) is 17.0 Å². The van der Waals surface area contributed by atoms with Crippen LogP contribution in [0.1, 0.15) is 38.0 Å². The summed E-state index contributed by atoms with van der Waals surface area (Å²) in [6.45, 7) is 0.705. The fourth-order valence-electron chi connectivity index (χ4n) is 2.56. The van der Waals surface area contributed by atoms with Crippen LogP contribution in [0.2, 0.25) is 5.02 Å². The van der Waals surface area contributed by atoms with E-state index in [-0.39, 0.29) is 0 Å². The average molecular weight is 265 g/mol. The highest BCUT2D eigenvalue weighted by Gasteiger charge is 2.14. The highest BCUT2D eigenvalue weighted by Crippen LogP contribution is 2.21. The Kier molecular flexibility index (Phi) is 3.52. The Bertz CT molecular complexity index is 532. The minimum atomic E-state index is 0.623. The topological polar surface area (TPSA) is 38.1 Å². The number of oxazole rings is 1. The first-order valence-electron chi connectivity index (χ1n) is 6.59. The minimum absolute atomic E-state index is 0.623. The van der Waals surface area contributed by atoms with Gasteiger partial charge in [0.2, 0.25) is 5.89 Å². The number of rotatable bonds is 3. The summed E-state index contributed by atoms with van der Waals surface area (Å²) in [5.41, 5.74) is 1.64. The third kappa shape index (κ3) is 2.68. The molecule has 1 fully saturated rings. The van der Waals surface area contributed by atoms with Crippen molar-refractivity contribution in [2.45, 2.75) is 44.7 Å². The Morgan fingerprint density at radius 2 is 2.11 bits per heavy atom. The number of halogens is 1. The molecule has 1 heterocycles. The molecule has 1 N–H and O–H groups in total. The molecule has 2 aromatic rings. The fraction of sp³-hybridized carbons (Fsp3) is 0.500. The van der Waals surface area contributed by atoms with Crippen molar-refractivity contribution in [2.24, 2.45) is 0 Å². The van der Waals surface area contributed by atoms with Gasteiger partial charge in [-0.1, -0.05) is 30.9 Å². The van der Waals surface area contributed by atoms with Crippen molar-refractivity contribution in [1.29, 1.82) is 0 Å². The summed E-state index contributed by atoms with van der Waals surface area (Å²) < 4.78 is 5.68. The molecule has 3 nitrogen and oxygen atoms in total. The maximum atomic E-state index is 5.93. The zero-order valence-corrected chi connectivity index (χ0v) is 11.0. The molecule has 0 radical (unpaired) electrons. The van der Waals surface area contributed by atoms with Crippen molar-refractivity contribution in [2.75, 3.05) is 0 Å². The summed E-state index contributed by atoms with van der Waals surface area (Å²) in [5.74, 6) is 0.748. The Hall–Kier alpha value is -1.06. The monoisotopic (exact) mass is 264 g/mol. The zero-order valence-electron chi connectivity index (χ0n) is 10.3. The lowest BCUT2D eigenvalue weighted by molar-refractivity contribution is 0.356. The lowest BCUT2D eigenvalue weighted by Gasteiger charge is -2.21. The highest BCUT2D eigenvalue weighted by molar-refractivity contribution is 6.31. The molecule has 3 rings (SSSR count). The molecule has 18 heavy (non-hydrogen) atoms. The summed E-state index contributed by atoms with van der Waals surface area (Å²) in [6.07, 6.45) is 6.58. The van der Waals surface area contributed by atoms with E-state index in [0.29, 0.717) is 17.6 Å². The Balaban J connectivity index is 1.67. The van der Waals surface area contributed by atoms with Crippen LogP contribution in [-0.4, -0.2) is 11.0 Å². The highest BCUT2D eigenvalue weighted by atomic mass is 35.5. The predicted molar refractivity (Wildman–Crippen MR) is 72.7 cm³/mol. The lowest BCUT2D eigenvalue weighted by atomic mass is 9.95. The summed E-state index contributed by atoms with van der Waals surface area (Å²) in [7, 11) is 0. The molecule has 1 aromatic carbocycles. The first-order valence-corrected chi connectivity index (χ1v) is 6.97. The first kappa shape index (κ1) is 12.0. The quantitative estimate of drug-likeness (QED) is 0.914. The Labute approximate surface area is 112 Å². The maximum absolute atomic E-state index is 5.93. The number of fused-ring (bicyclic) bond motifs is 1. The second-order valence-electron chi connectivity index (χ2n) is 4.94. The fourth-order valence-corrected chi connectivity index (χ4v) is 2.73. The van der Waals surface area contributed by atoms with Crippen LogP contribution < -0.4 is 5.32 Å². The van der Waals surface area contributed by atoms with Crippen LogP contribution in [0.3, 0.4) is 0 Å². The van der Waals surface area contributed by atoms with Crippen LogP contribution in [-0.2, 0) is 6.54 Å². The molecule has 0 bridgehead atoms. The molecule has 1 aliphatic carbocycles. The SMILES string of the molecule is Clc1ccc2oc(CNC3CCCCC3)nc2c1. The van der Waals surface area contributed by atoms with Gasteiger partial charge in [-0.25, -0.2) is 4.98 Å². The van der Waals surface area contributed by atoms with Gasteiger partial charge < -0.3 is 9.73 Å². The largest absolute Gasteiger partial charge is 0.439 e. The number of benzene rings is 1. The van der Waals surface area contributed by atoms with Crippen molar-refractivity contribution in [3.8, 4) is 0 Å². The molecule has 0 saturated heterocycles. The Morgan fingerprint density at radius 1 is 1.28 bits per heavy atom. The minimum Gasteiger partial charge on any atom is -0.439 e. The second kappa shape index (κ2) is 5.29. The van der Waals surface area contributed by atoms with Gasteiger partial charge in [0.15, 0.2) is 5.58 Å². The van der Waals surface area contributed by atoms with E-state index in [1.165, 1.54) is 32.1 Å². The van der Waals surface area contributed by atoms with E-state index in [4.69, 9.17) is 16.0 Å². The van der Waals surface area contributed by atoms with Gasteiger partial charge in [-0.15, -0.1) is 0 Å². The van der Waals surface area contributed by atoms with Gasteiger partial charge in [-0.2, -0.15) is 0 Å². The van der Waals surface area contributed by atoms with Gasteiger partial charge in [0.05, 0.1) is 6.54 Å². The van der Waals surface area contributed by atoms with Gasteiger partial charge in [0, 0.05) is 11.1 Å². The van der Waals surface area contributed by atoms with E-state index in [9.17, 15) is 0 Å². The molecule has 1 saturated carbocycles. The molecular formula is C14H17ClN2O. The van der Waals surface area contributed by atoms with Gasteiger partial charge >= 0.3 is 0 Å². The third-order valence-corrected chi connectivity index (χ3v) is 3.78. The molecule has 96 valence electrons. The average Bonchev–Trinajstić information content (AvgIpc) is 2.79. The van der Waals surface area contributed by atoms with Gasteiger partial charge in [-0.3, -0.25) is 0 Å². The summed E-state index contributed by atoms with van der Waals surface area (Å²) in [4.78, 5) is 4.44. The number of hydrogen-bond acceptors (Lipinski definition) is 3. The molecule has 1 aromatic heterocycles. The van der Waals surface area contributed by atoms with Crippen molar-refractivity contribution in [3.63, 3.8) is 0 Å². The smallest absolute Gasteiger partial charge is 0.209 e. The number of hydrogen-bond donors (Lipinski definition) is 1. The van der Waals surface area contributed by atoms with Gasteiger partial charge in [0.25, 0.3) is 0 Å². The van der Waals surface area contributed by atoms with Crippen molar-refractivity contribution in [1.82, 2.24) is 10.3 Å². The molecule has 0 amide bonds. The number of nitrogens with one attached hydrogen (secondary N) is 1. The van der Waals surface area contributed by atoms with Crippen molar-refractivity contribution in [3.05, 3.63) is 29.1 Å². The normalized spacial score (nSPS) is 17.4. The van der Waals surface area contributed by atoms with Crippen LogP contribution in [0.5, 0.6) is 0 Å². The molecule has 0 atom stereocenters. The van der Waals surface area contributed by atoms with E-state index in [1.54, 1.807) is 0 Å². The molecule has 0 spiro atoms. The summed E-state index contributed by atoms with van der Waals surface area (Å²) in [5, 5.41) is 4.22. The number of aromatic nitrogens is 1. The van der Waals surface area contributed by atoms with Gasteiger partial charge in [0.1, 0.15) is 5.52 Å². The molecular weight excluding hydrogens is 248 g/mol. The van der Waals surface area contributed by atoms with Crippen molar-refractivity contribution >= 4 is 22.7 Å². The molecule has 0 unspecified atom stereocenters. The molecule has 0 aliphatic heterocycles. The zero-order chi connectivity index (χ0) is 12.4. The number of nitrogens with zero attached hydrogens (tertiary/aromatic N) is 1. The van der Waals surface area contributed by atoms with E-state index in [2.05, 4.69) is 10.3 Å². The predicted octanol–water partition coefficient (Wildman–Crippen LogP) is 3.90. The van der Waals surface area contributed by atoms with E-state index < -0.39 is 0 Å². The van der Waals surface area contributed by atoms with Crippen LogP contribution >= 0.6 is 11.6 Å². The van der Waals surface area contributed by atoms with Crippen LogP contribution in [0.15, 0.2) is 22.6 Å². The van der Waals surface area contributed by atoms with Gasteiger partial charge in [-0.05, 0) is 31.0 Å². The second-order valence-corrected chi connectivity index (χ2v) is 5.37. The summed E-state index contributed by atoms with van der Waals surface area (Å²) in [6, 6.07) is 6.16. The first-order chi connectivity index (χ1) is 8.81. The van der Waals surface area contributed by atoms with Crippen LogP contribution in [0.4, 0.5) is 0 Å². The maximum Gasteiger partial charge on any atom is 0.209 e. The molecule has 1 aliphatic rings. The van der Waals surface area contributed by atoms with E-state index in [1.807, 2.05) is 18.2 Å². The van der Waals surface area contributed by atoms with E-state index >= 15 is 0 Å². The van der Waals surface area contributed by atoms with Crippen LogP contribution in [0, 0.1) is 0 Å². The van der Waals surface area contributed by atoms with Crippen molar-refractivity contribution < 1.29 is 4.42 Å². The lowest BCUT2D eigenvalue weighted by Crippen LogP contribution is -2.30. The molecule has 4 heteroatoms.